The fourth-order valence-corrected chi connectivity index (χ4v) is 3.68. The first-order valence-corrected chi connectivity index (χ1v) is 8.68. The van der Waals surface area contributed by atoms with E-state index >= 15 is 0 Å². The van der Waals surface area contributed by atoms with E-state index in [9.17, 15) is 4.39 Å². The van der Waals surface area contributed by atoms with E-state index in [4.69, 9.17) is 11.6 Å². The molecule has 0 radical (unpaired) electrons. The number of hydrogen-bond acceptors (Lipinski definition) is 3. The van der Waals surface area contributed by atoms with Gasteiger partial charge < -0.3 is 10.2 Å². The van der Waals surface area contributed by atoms with Gasteiger partial charge in [0.1, 0.15) is 5.82 Å². The third-order valence-electron chi connectivity index (χ3n) is 4.85. The van der Waals surface area contributed by atoms with E-state index in [2.05, 4.69) is 15.1 Å². The van der Waals surface area contributed by atoms with E-state index in [1.807, 2.05) is 0 Å². The number of nitrogens with zero attached hydrogens (tertiary/aromatic N) is 2. The maximum atomic E-state index is 13.1. The van der Waals surface area contributed by atoms with Gasteiger partial charge >= 0.3 is 0 Å². The van der Waals surface area contributed by atoms with Crippen molar-refractivity contribution < 1.29 is 4.39 Å². The summed E-state index contributed by atoms with van der Waals surface area (Å²) in [4.78, 5) is 5.01. The topological polar surface area (TPSA) is 18.5 Å². The predicted octanol–water partition coefficient (Wildman–Crippen LogP) is 2.60. The molecule has 2 saturated heterocycles. The summed E-state index contributed by atoms with van der Waals surface area (Å²) in [5.41, 5.74) is 1.02. The standard InChI is InChI=1S/C17H25ClFN3/c18-17-11-16(19)2-1-15(17)13-22-9-7-21(8-10-22)12-14-3-5-20-6-4-14/h1-2,11,14,20H,3-10,12-13H2. The predicted molar refractivity (Wildman–Crippen MR) is 88.7 cm³/mol. The quantitative estimate of drug-likeness (QED) is 0.918. The molecule has 1 aromatic rings. The summed E-state index contributed by atoms with van der Waals surface area (Å²) in [5.74, 6) is 0.597. The Morgan fingerprint density at radius 3 is 2.45 bits per heavy atom. The van der Waals surface area contributed by atoms with Crippen LogP contribution in [0.3, 0.4) is 0 Å². The zero-order valence-electron chi connectivity index (χ0n) is 13.0. The van der Waals surface area contributed by atoms with Crippen molar-refractivity contribution in [1.82, 2.24) is 15.1 Å². The Balaban J connectivity index is 1.45. The van der Waals surface area contributed by atoms with Crippen LogP contribution in [-0.2, 0) is 6.54 Å². The summed E-state index contributed by atoms with van der Waals surface area (Å²) in [6, 6.07) is 4.71. The minimum absolute atomic E-state index is 0.263. The third-order valence-corrected chi connectivity index (χ3v) is 5.20. The summed E-state index contributed by atoms with van der Waals surface area (Å²) in [7, 11) is 0. The molecule has 0 aromatic heterocycles. The number of nitrogens with one attached hydrogen (secondary N) is 1. The Bertz CT molecular complexity index is 483. The lowest BCUT2D eigenvalue weighted by Gasteiger charge is -2.37. The fraction of sp³-hybridized carbons (Fsp3) is 0.647. The maximum Gasteiger partial charge on any atom is 0.124 e. The van der Waals surface area contributed by atoms with Gasteiger partial charge in [0.05, 0.1) is 0 Å². The molecule has 2 fully saturated rings. The molecule has 1 aromatic carbocycles. The van der Waals surface area contributed by atoms with Crippen molar-refractivity contribution in [1.29, 1.82) is 0 Å². The van der Waals surface area contributed by atoms with Crippen molar-refractivity contribution in [2.45, 2.75) is 19.4 Å². The minimum atomic E-state index is -0.263. The van der Waals surface area contributed by atoms with E-state index in [-0.39, 0.29) is 5.82 Å². The summed E-state index contributed by atoms with van der Waals surface area (Å²) in [5, 5.41) is 3.97. The van der Waals surface area contributed by atoms with Crippen molar-refractivity contribution >= 4 is 11.6 Å². The SMILES string of the molecule is Fc1ccc(CN2CCN(CC3CCNCC3)CC2)c(Cl)c1. The Hall–Kier alpha value is -0.680. The third kappa shape index (κ3) is 4.42. The molecule has 0 bridgehead atoms. The molecule has 0 unspecified atom stereocenters. The van der Waals surface area contributed by atoms with Gasteiger partial charge in [0, 0.05) is 44.3 Å². The molecule has 3 rings (SSSR count). The van der Waals surface area contributed by atoms with Gasteiger partial charge in [-0.3, -0.25) is 4.90 Å². The fourth-order valence-electron chi connectivity index (χ4n) is 3.45. The lowest BCUT2D eigenvalue weighted by atomic mass is 9.97. The normalized spacial score (nSPS) is 22.1. The molecule has 0 atom stereocenters. The lowest BCUT2D eigenvalue weighted by molar-refractivity contribution is 0.107. The Labute approximate surface area is 137 Å². The molecule has 2 heterocycles. The second-order valence-electron chi connectivity index (χ2n) is 6.51. The summed E-state index contributed by atoms with van der Waals surface area (Å²) < 4.78 is 13.1. The molecule has 3 nitrogen and oxygen atoms in total. The lowest BCUT2D eigenvalue weighted by Crippen LogP contribution is -2.48. The minimum Gasteiger partial charge on any atom is -0.317 e. The van der Waals surface area contributed by atoms with Gasteiger partial charge in [-0.25, -0.2) is 4.39 Å². The van der Waals surface area contributed by atoms with Gasteiger partial charge in [0.15, 0.2) is 0 Å². The molecule has 2 aliphatic rings. The Morgan fingerprint density at radius 2 is 1.77 bits per heavy atom. The molecule has 2 aliphatic heterocycles. The molecule has 122 valence electrons. The van der Waals surface area contributed by atoms with Gasteiger partial charge in [0.25, 0.3) is 0 Å². The van der Waals surface area contributed by atoms with E-state index < -0.39 is 0 Å². The monoisotopic (exact) mass is 325 g/mol. The van der Waals surface area contributed by atoms with Crippen LogP contribution >= 0.6 is 11.6 Å². The van der Waals surface area contributed by atoms with Gasteiger partial charge in [-0.2, -0.15) is 0 Å². The number of benzene rings is 1. The van der Waals surface area contributed by atoms with Crippen LogP contribution in [0.4, 0.5) is 4.39 Å². The van der Waals surface area contributed by atoms with E-state index in [0.29, 0.717) is 5.02 Å². The van der Waals surface area contributed by atoms with E-state index in [1.165, 1.54) is 44.6 Å². The zero-order chi connectivity index (χ0) is 15.4. The number of halogens is 2. The van der Waals surface area contributed by atoms with Gasteiger partial charge in [-0.1, -0.05) is 17.7 Å². The van der Waals surface area contributed by atoms with E-state index in [0.717, 1.165) is 44.2 Å². The second kappa shape index (κ2) is 7.73. The molecule has 0 saturated carbocycles. The molecule has 0 spiro atoms. The van der Waals surface area contributed by atoms with Gasteiger partial charge in [-0.15, -0.1) is 0 Å². The first kappa shape index (κ1) is 16.2. The highest BCUT2D eigenvalue weighted by Gasteiger charge is 2.21. The highest BCUT2D eigenvalue weighted by Crippen LogP contribution is 2.20. The summed E-state index contributed by atoms with van der Waals surface area (Å²) in [6.07, 6.45) is 2.62. The van der Waals surface area contributed by atoms with Crippen molar-refractivity contribution in [3.63, 3.8) is 0 Å². The largest absolute Gasteiger partial charge is 0.317 e. The zero-order valence-corrected chi connectivity index (χ0v) is 13.8. The van der Waals surface area contributed by atoms with Crippen molar-refractivity contribution in [2.24, 2.45) is 5.92 Å². The maximum absolute atomic E-state index is 13.1. The first-order valence-electron chi connectivity index (χ1n) is 8.30. The van der Waals surface area contributed by atoms with Crippen LogP contribution in [0, 0.1) is 11.7 Å². The number of rotatable bonds is 4. The molecular weight excluding hydrogens is 301 g/mol. The highest BCUT2D eigenvalue weighted by atomic mass is 35.5. The Kier molecular flexibility index (Phi) is 5.69. The van der Waals surface area contributed by atoms with Crippen LogP contribution in [0.2, 0.25) is 5.02 Å². The highest BCUT2D eigenvalue weighted by molar-refractivity contribution is 6.31. The average molecular weight is 326 g/mol. The average Bonchev–Trinajstić information content (AvgIpc) is 2.53. The molecule has 0 aliphatic carbocycles. The Morgan fingerprint density at radius 1 is 1.09 bits per heavy atom. The van der Waals surface area contributed by atoms with Crippen LogP contribution in [0.25, 0.3) is 0 Å². The second-order valence-corrected chi connectivity index (χ2v) is 6.91. The molecule has 22 heavy (non-hydrogen) atoms. The van der Waals surface area contributed by atoms with Crippen molar-refractivity contribution in [2.75, 3.05) is 45.8 Å². The van der Waals surface area contributed by atoms with Crippen molar-refractivity contribution in [3.05, 3.63) is 34.6 Å². The molecular formula is C17H25ClFN3. The van der Waals surface area contributed by atoms with Crippen LogP contribution in [0.15, 0.2) is 18.2 Å². The number of piperazine rings is 1. The summed E-state index contributed by atoms with van der Waals surface area (Å²) >= 11 is 6.12. The molecule has 1 N–H and O–H groups in total. The van der Waals surface area contributed by atoms with Crippen LogP contribution < -0.4 is 5.32 Å². The molecule has 5 heteroatoms. The molecule has 0 amide bonds. The van der Waals surface area contributed by atoms with Crippen molar-refractivity contribution in [3.8, 4) is 0 Å². The van der Waals surface area contributed by atoms with Gasteiger partial charge in [0.2, 0.25) is 0 Å². The summed E-state index contributed by atoms with van der Waals surface area (Å²) in [6.45, 7) is 8.80. The number of piperidine rings is 1. The number of hydrogen-bond donors (Lipinski definition) is 1. The van der Waals surface area contributed by atoms with E-state index in [1.54, 1.807) is 6.07 Å². The smallest absolute Gasteiger partial charge is 0.124 e. The van der Waals surface area contributed by atoms with Crippen LogP contribution in [0.5, 0.6) is 0 Å². The van der Waals surface area contributed by atoms with Gasteiger partial charge in [-0.05, 0) is 49.5 Å². The van der Waals surface area contributed by atoms with Crippen LogP contribution in [-0.4, -0.2) is 55.6 Å². The van der Waals surface area contributed by atoms with Crippen LogP contribution in [0.1, 0.15) is 18.4 Å². The first-order chi connectivity index (χ1) is 10.7.